The van der Waals surface area contributed by atoms with Crippen molar-refractivity contribution in [1.82, 2.24) is 10.4 Å². The first kappa shape index (κ1) is 17.4. The average Bonchev–Trinajstić information content (AvgIpc) is 3.19. The van der Waals surface area contributed by atoms with Gasteiger partial charge in [0.1, 0.15) is 5.76 Å². The van der Waals surface area contributed by atoms with Crippen LogP contribution in [0.3, 0.4) is 0 Å². The first-order valence-electron chi connectivity index (χ1n) is 8.33. The number of fused-ring (bicyclic) bond motifs is 1. The molecule has 0 saturated carbocycles. The van der Waals surface area contributed by atoms with Crippen molar-refractivity contribution in [3.8, 4) is 0 Å². The van der Waals surface area contributed by atoms with Crippen molar-refractivity contribution < 1.29 is 14.0 Å². The van der Waals surface area contributed by atoms with Crippen LogP contribution in [0.15, 0.2) is 69.8 Å². The van der Waals surface area contributed by atoms with Gasteiger partial charge in [-0.25, -0.2) is 5.01 Å². The van der Waals surface area contributed by atoms with Crippen molar-refractivity contribution in [2.45, 2.75) is 13.1 Å². The molecule has 2 aromatic carbocycles. The largest absolute Gasteiger partial charge is 0.465 e. The normalized spacial score (nSPS) is 15.9. The molecule has 0 spiro atoms. The van der Waals surface area contributed by atoms with Crippen molar-refractivity contribution in [2.75, 3.05) is 5.32 Å². The fourth-order valence-electron chi connectivity index (χ4n) is 2.92. The van der Waals surface area contributed by atoms with E-state index in [1.807, 2.05) is 31.2 Å². The zero-order valence-electron chi connectivity index (χ0n) is 14.4. The number of carbonyl (C=O) groups is 2. The SMILES string of the molecule is Cc1ccc(C(=O)NN2C(=O)c3cc(Br)ccc3NC2c2ccco2)cc1. The predicted octanol–water partition coefficient (Wildman–Crippen LogP) is 4.26. The minimum absolute atomic E-state index is 0.327. The molecule has 2 heterocycles. The van der Waals surface area contributed by atoms with Crippen LogP contribution >= 0.6 is 15.9 Å². The molecule has 1 unspecified atom stereocenters. The minimum Gasteiger partial charge on any atom is -0.465 e. The molecule has 136 valence electrons. The summed E-state index contributed by atoms with van der Waals surface area (Å²) in [4.78, 5) is 25.8. The number of amides is 2. The van der Waals surface area contributed by atoms with E-state index in [0.29, 0.717) is 22.6 Å². The summed E-state index contributed by atoms with van der Waals surface area (Å²) < 4.78 is 6.25. The molecule has 27 heavy (non-hydrogen) atoms. The summed E-state index contributed by atoms with van der Waals surface area (Å²) in [5, 5.41) is 4.51. The quantitative estimate of drug-likeness (QED) is 0.657. The molecule has 6 nitrogen and oxygen atoms in total. The number of rotatable bonds is 3. The zero-order valence-corrected chi connectivity index (χ0v) is 16.0. The van der Waals surface area contributed by atoms with Crippen molar-refractivity contribution in [2.24, 2.45) is 0 Å². The molecule has 1 aromatic heterocycles. The van der Waals surface area contributed by atoms with Crippen LogP contribution in [0.25, 0.3) is 0 Å². The standard InChI is InChI=1S/C20H16BrN3O3/c1-12-4-6-13(7-5-12)19(25)23-24-18(17-3-2-10-27-17)22-16-9-8-14(21)11-15(16)20(24)26/h2-11,18,22H,1H3,(H,23,25). The number of nitrogens with one attached hydrogen (secondary N) is 2. The van der Waals surface area contributed by atoms with Gasteiger partial charge in [0, 0.05) is 15.7 Å². The second-order valence-corrected chi connectivity index (χ2v) is 7.15. The summed E-state index contributed by atoms with van der Waals surface area (Å²) in [5.41, 5.74) is 5.35. The Hall–Kier alpha value is -3.06. The van der Waals surface area contributed by atoms with Gasteiger partial charge in [-0.05, 0) is 49.4 Å². The first-order valence-corrected chi connectivity index (χ1v) is 9.13. The molecule has 0 aliphatic carbocycles. The molecule has 0 radical (unpaired) electrons. The second-order valence-electron chi connectivity index (χ2n) is 6.23. The van der Waals surface area contributed by atoms with E-state index in [1.54, 1.807) is 30.3 Å². The van der Waals surface area contributed by atoms with E-state index in [-0.39, 0.29) is 11.8 Å². The maximum atomic E-state index is 13.1. The van der Waals surface area contributed by atoms with Crippen LogP contribution in [-0.4, -0.2) is 16.8 Å². The van der Waals surface area contributed by atoms with Gasteiger partial charge in [0.05, 0.1) is 11.8 Å². The fraction of sp³-hybridized carbons (Fsp3) is 0.100. The summed E-state index contributed by atoms with van der Waals surface area (Å²) in [6.45, 7) is 1.95. The van der Waals surface area contributed by atoms with Gasteiger partial charge in [-0.3, -0.25) is 15.0 Å². The molecule has 4 rings (SSSR count). The molecule has 2 amide bonds. The highest BCUT2D eigenvalue weighted by Crippen LogP contribution is 2.33. The Morgan fingerprint density at radius 2 is 1.96 bits per heavy atom. The van der Waals surface area contributed by atoms with E-state index >= 15 is 0 Å². The van der Waals surface area contributed by atoms with Crippen LogP contribution in [0.4, 0.5) is 5.69 Å². The van der Waals surface area contributed by atoms with Crippen molar-refractivity contribution >= 4 is 33.4 Å². The highest BCUT2D eigenvalue weighted by Gasteiger charge is 2.36. The van der Waals surface area contributed by atoms with Crippen LogP contribution in [-0.2, 0) is 0 Å². The Labute approximate surface area is 164 Å². The minimum atomic E-state index is -0.657. The van der Waals surface area contributed by atoms with Crippen molar-refractivity contribution in [1.29, 1.82) is 0 Å². The third kappa shape index (κ3) is 3.33. The topological polar surface area (TPSA) is 74.6 Å². The van der Waals surface area contributed by atoms with E-state index in [0.717, 1.165) is 10.0 Å². The van der Waals surface area contributed by atoms with Gasteiger partial charge in [-0.1, -0.05) is 33.6 Å². The maximum Gasteiger partial charge on any atom is 0.276 e. The molecule has 0 saturated heterocycles. The fourth-order valence-corrected chi connectivity index (χ4v) is 3.28. The van der Waals surface area contributed by atoms with E-state index in [4.69, 9.17) is 4.42 Å². The highest BCUT2D eigenvalue weighted by atomic mass is 79.9. The number of hydrazine groups is 1. The lowest BCUT2D eigenvalue weighted by Crippen LogP contribution is -2.52. The molecule has 1 aliphatic rings. The van der Waals surface area contributed by atoms with Crippen LogP contribution in [0.5, 0.6) is 0 Å². The van der Waals surface area contributed by atoms with Crippen molar-refractivity contribution in [3.05, 3.63) is 87.8 Å². The molecule has 1 aliphatic heterocycles. The monoisotopic (exact) mass is 425 g/mol. The summed E-state index contributed by atoms with van der Waals surface area (Å²) in [7, 11) is 0. The molecule has 0 fully saturated rings. The molecule has 3 aromatic rings. The highest BCUT2D eigenvalue weighted by molar-refractivity contribution is 9.10. The van der Waals surface area contributed by atoms with Gasteiger partial charge in [-0.15, -0.1) is 0 Å². The summed E-state index contributed by atoms with van der Waals surface area (Å²) in [6.07, 6.45) is 0.869. The van der Waals surface area contributed by atoms with Crippen LogP contribution in [0.1, 0.15) is 38.2 Å². The number of benzene rings is 2. The lowest BCUT2D eigenvalue weighted by Gasteiger charge is -2.36. The van der Waals surface area contributed by atoms with E-state index in [2.05, 4.69) is 26.7 Å². The molecule has 2 N–H and O–H groups in total. The van der Waals surface area contributed by atoms with E-state index in [1.165, 1.54) is 11.3 Å². The predicted molar refractivity (Wildman–Crippen MR) is 104 cm³/mol. The third-order valence-electron chi connectivity index (χ3n) is 4.33. The molecule has 7 heteroatoms. The lowest BCUT2D eigenvalue weighted by atomic mass is 10.1. The molecular weight excluding hydrogens is 410 g/mol. The number of furan rings is 1. The smallest absolute Gasteiger partial charge is 0.276 e. The van der Waals surface area contributed by atoms with Gasteiger partial charge < -0.3 is 9.73 Å². The van der Waals surface area contributed by atoms with Crippen molar-refractivity contribution in [3.63, 3.8) is 0 Å². The van der Waals surface area contributed by atoms with Gasteiger partial charge in [-0.2, -0.15) is 0 Å². The number of anilines is 1. The van der Waals surface area contributed by atoms with Gasteiger partial charge in [0.2, 0.25) is 0 Å². The Bertz CT molecular complexity index is 1000. The Morgan fingerprint density at radius 1 is 1.19 bits per heavy atom. The number of aryl methyl sites for hydroxylation is 1. The van der Waals surface area contributed by atoms with Crippen LogP contribution in [0.2, 0.25) is 0 Å². The van der Waals surface area contributed by atoms with E-state index < -0.39 is 6.17 Å². The van der Waals surface area contributed by atoms with Crippen LogP contribution < -0.4 is 10.7 Å². The zero-order chi connectivity index (χ0) is 19.0. The number of nitrogens with zero attached hydrogens (tertiary/aromatic N) is 1. The Kier molecular flexibility index (Phi) is 4.45. The average molecular weight is 426 g/mol. The first-order chi connectivity index (χ1) is 13.0. The number of hydrogen-bond donors (Lipinski definition) is 2. The Morgan fingerprint density at radius 3 is 2.67 bits per heavy atom. The number of hydrogen-bond acceptors (Lipinski definition) is 4. The number of halogens is 1. The third-order valence-corrected chi connectivity index (χ3v) is 4.82. The second kappa shape index (κ2) is 6.92. The van der Waals surface area contributed by atoms with Crippen LogP contribution in [0, 0.1) is 6.92 Å². The van der Waals surface area contributed by atoms with Gasteiger partial charge in [0.25, 0.3) is 11.8 Å². The molecular formula is C20H16BrN3O3. The van der Waals surface area contributed by atoms with Gasteiger partial charge >= 0.3 is 0 Å². The maximum absolute atomic E-state index is 13.1. The molecule has 0 bridgehead atoms. The lowest BCUT2D eigenvalue weighted by molar-refractivity contribution is 0.0467. The number of carbonyl (C=O) groups excluding carboxylic acids is 2. The summed E-state index contributed by atoms with van der Waals surface area (Å²) in [6, 6.07) is 16.0. The van der Waals surface area contributed by atoms with Gasteiger partial charge in [0.15, 0.2) is 6.17 Å². The summed E-state index contributed by atoms with van der Waals surface area (Å²) in [5.74, 6) is -0.187. The summed E-state index contributed by atoms with van der Waals surface area (Å²) >= 11 is 3.38. The van der Waals surface area contributed by atoms with E-state index in [9.17, 15) is 9.59 Å². The Balaban J connectivity index is 1.69. The molecule has 1 atom stereocenters.